The third-order valence-electron chi connectivity index (χ3n) is 0.854. The van der Waals surface area contributed by atoms with E-state index in [1.165, 1.54) is 0 Å². The van der Waals surface area contributed by atoms with Crippen molar-refractivity contribution in [1.29, 1.82) is 0 Å². The van der Waals surface area contributed by atoms with Gasteiger partial charge in [-0.1, -0.05) is 20.8 Å². The molecule has 0 aromatic heterocycles. The molecule has 0 aliphatic carbocycles. The van der Waals surface area contributed by atoms with Crippen molar-refractivity contribution in [3.05, 3.63) is 0 Å². The van der Waals surface area contributed by atoms with Crippen LogP contribution in [0, 0.1) is 5.92 Å². The predicted octanol–water partition coefficient (Wildman–Crippen LogP) is 1.74. The highest BCUT2D eigenvalue weighted by Crippen LogP contribution is 2.09. The largest absolute Gasteiger partial charge is 0.228 e. The molecule has 0 rings (SSSR count). The molecule has 0 spiro atoms. The summed E-state index contributed by atoms with van der Waals surface area (Å²) >= 11 is 0. The lowest BCUT2D eigenvalue weighted by Gasteiger charge is -2.13. The van der Waals surface area contributed by atoms with Crippen LogP contribution in [0.3, 0.4) is 0 Å². The van der Waals surface area contributed by atoms with Gasteiger partial charge in [0.2, 0.25) is 10.0 Å². The zero-order valence-corrected chi connectivity index (χ0v) is 9.70. The maximum Gasteiger partial charge on any atom is 0.214 e. The summed E-state index contributed by atoms with van der Waals surface area (Å²) in [4.78, 5) is 0. The molecule has 0 aromatic rings. The average molecular weight is 195 g/mol. The van der Waals surface area contributed by atoms with Crippen LogP contribution in [-0.2, 0) is 10.0 Å². The van der Waals surface area contributed by atoms with Crippen molar-refractivity contribution in [2.45, 2.75) is 46.3 Å². The zero-order chi connectivity index (χ0) is 10.6. The molecular formula is C8H21NO2S. The standard InChI is InChI=1S/C4H11NO2S.C4H10/c1-4(2,3)8(5,6)7;1-4(2)3/h1-3H3,(H2,5,6,7);4H,1-3H3. The lowest BCUT2D eigenvalue weighted by molar-refractivity contribution is 0.562. The molecule has 0 unspecified atom stereocenters. The van der Waals surface area contributed by atoms with Crippen LogP contribution in [0.25, 0.3) is 0 Å². The summed E-state index contributed by atoms with van der Waals surface area (Å²) in [5.74, 6) is 0.833. The summed E-state index contributed by atoms with van der Waals surface area (Å²) in [5, 5.41) is 4.78. The highest BCUT2D eigenvalue weighted by molar-refractivity contribution is 7.90. The van der Waals surface area contributed by atoms with E-state index < -0.39 is 14.8 Å². The fraction of sp³-hybridized carbons (Fsp3) is 1.00. The van der Waals surface area contributed by atoms with Crippen LogP contribution in [-0.4, -0.2) is 13.2 Å². The Labute approximate surface area is 76.4 Å². The van der Waals surface area contributed by atoms with E-state index in [1.54, 1.807) is 20.8 Å². The van der Waals surface area contributed by atoms with E-state index in [0.717, 1.165) is 5.92 Å². The van der Waals surface area contributed by atoms with Gasteiger partial charge in [0.25, 0.3) is 0 Å². The van der Waals surface area contributed by atoms with Gasteiger partial charge in [0.05, 0.1) is 4.75 Å². The Morgan fingerprint density at radius 2 is 1.17 bits per heavy atom. The predicted molar refractivity (Wildman–Crippen MR) is 53.4 cm³/mol. The molecule has 0 aromatic carbocycles. The maximum absolute atomic E-state index is 10.4. The normalized spacial score (nSPS) is 12.3. The molecule has 2 N–H and O–H groups in total. The highest BCUT2D eigenvalue weighted by Gasteiger charge is 2.23. The first-order chi connectivity index (χ1) is 4.98. The Morgan fingerprint density at radius 3 is 1.17 bits per heavy atom. The molecule has 76 valence electrons. The monoisotopic (exact) mass is 195 g/mol. The lowest BCUT2D eigenvalue weighted by atomic mass is 10.3. The molecule has 0 fully saturated rings. The van der Waals surface area contributed by atoms with Crippen LogP contribution in [0.1, 0.15) is 41.5 Å². The van der Waals surface area contributed by atoms with Crippen molar-refractivity contribution in [2.75, 3.05) is 0 Å². The summed E-state index contributed by atoms with van der Waals surface area (Å²) in [6.07, 6.45) is 0. The van der Waals surface area contributed by atoms with Gasteiger partial charge in [-0.3, -0.25) is 0 Å². The van der Waals surface area contributed by atoms with Crippen LogP contribution in [0.15, 0.2) is 0 Å². The van der Waals surface area contributed by atoms with Gasteiger partial charge >= 0.3 is 0 Å². The molecule has 0 saturated carbocycles. The van der Waals surface area contributed by atoms with Gasteiger partial charge in [-0.2, -0.15) is 0 Å². The minimum absolute atomic E-state index is 0.812. The van der Waals surface area contributed by atoms with Crippen LogP contribution < -0.4 is 5.14 Å². The lowest BCUT2D eigenvalue weighted by Crippen LogP contribution is -2.34. The number of hydrogen-bond acceptors (Lipinski definition) is 2. The molecule has 3 nitrogen and oxygen atoms in total. The first-order valence-electron chi connectivity index (χ1n) is 4.01. The molecule has 0 heterocycles. The average Bonchev–Trinajstić information content (AvgIpc) is 1.55. The second-order valence-corrected chi connectivity index (χ2v) is 6.70. The fourth-order valence-electron chi connectivity index (χ4n) is 0. The summed E-state index contributed by atoms with van der Waals surface area (Å²) in [5.41, 5.74) is 0. The van der Waals surface area contributed by atoms with Crippen LogP contribution in [0.2, 0.25) is 0 Å². The minimum Gasteiger partial charge on any atom is -0.228 e. The SMILES string of the molecule is CC(C)(C)S(N)(=O)=O.CC(C)C. The number of nitrogens with two attached hydrogens (primary N) is 1. The summed E-state index contributed by atoms with van der Waals surface area (Å²) in [7, 11) is -3.34. The molecule has 0 aliphatic rings. The second-order valence-electron chi connectivity index (χ2n) is 4.39. The van der Waals surface area contributed by atoms with Gasteiger partial charge in [-0.15, -0.1) is 0 Å². The molecule has 0 saturated heterocycles. The van der Waals surface area contributed by atoms with E-state index in [4.69, 9.17) is 5.14 Å². The van der Waals surface area contributed by atoms with E-state index in [0.29, 0.717) is 0 Å². The molecule has 0 aliphatic heterocycles. The number of hydrogen-bond donors (Lipinski definition) is 1. The maximum atomic E-state index is 10.4. The molecule has 4 heteroatoms. The molecule has 0 atom stereocenters. The van der Waals surface area contributed by atoms with Crippen LogP contribution in [0.5, 0.6) is 0 Å². The van der Waals surface area contributed by atoms with Crippen molar-refractivity contribution >= 4 is 10.0 Å². The summed E-state index contributed by atoms with van der Waals surface area (Å²) in [6, 6.07) is 0. The molecule has 12 heavy (non-hydrogen) atoms. The van der Waals surface area contributed by atoms with Gasteiger partial charge in [0, 0.05) is 0 Å². The van der Waals surface area contributed by atoms with Gasteiger partial charge in [-0.25, -0.2) is 13.6 Å². The molecule has 0 radical (unpaired) electrons. The Balaban J connectivity index is 0. The van der Waals surface area contributed by atoms with Crippen LogP contribution in [0.4, 0.5) is 0 Å². The Bertz CT molecular complexity index is 197. The van der Waals surface area contributed by atoms with Crippen molar-refractivity contribution in [3.63, 3.8) is 0 Å². The third-order valence-corrected chi connectivity index (χ3v) is 2.56. The Hall–Kier alpha value is -0.0900. The van der Waals surface area contributed by atoms with E-state index in [9.17, 15) is 8.42 Å². The fourth-order valence-corrected chi connectivity index (χ4v) is 0. The first kappa shape index (κ1) is 14.4. The van der Waals surface area contributed by atoms with Crippen LogP contribution >= 0.6 is 0 Å². The van der Waals surface area contributed by atoms with Crippen molar-refractivity contribution in [3.8, 4) is 0 Å². The smallest absolute Gasteiger partial charge is 0.214 e. The summed E-state index contributed by atoms with van der Waals surface area (Å²) < 4.78 is 20.0. The summed E-state index contributed by atoms with van der Waals surface area (Å²) in [6.45, 7) is 11.2. The zero-order valence-electron chi connectivity index (χ0n) is 8.88. The molecule has 0 bridgehead atoms. The Morgan fingerprint density at radius 1 is 1.08 bits per heavy atom. The van der Waals surface area contributed by atoms with E-state index in [-0.39, 0.29) is 0 Å². The van der Waals surface area contributed by atoms with Gasteiger partial charge < -0.3 is 0 Å². The van der Waals surface area contributed by atoms with E-state index in [1.807, 2.05) is 0 Å². The third kappa shape index (κ3) is 9.91. The van der Waals surface area contributed by atoms with Gasteiger partial charge in [0.1, 0.15) is 0 Å². The van der Waals surface area contributed by atoms with E-state index >= 15 is 0 Å². The van der Waals surface area contributed by atoms with Gasteiger partial charge in [0.15, 0.2) is 0 Å². The minimum atomic E-state index is -3.34. The quantitative estimate of drug-likeness (QED) is 0.640. The number of sulfonamides is 1. The van der Waals surface area contributed by atoms with Crippen molar-refractivity contribution in [1.82, 2.24) is 0 Å². The Kier molecular flexibility index (Phi) is 5.80. The topological polar surface area (TPSA) is 60.2 Å². The highest BCUT2D eigenvalue weighted by atomic mass is 32.2. The second kappa shape index (κ2) is 4.82. The van der Waals surface area contributed by atoms with Crippen molar-refractivity contribution in [2.24, 2.45) is 11.1 Å². The molecule has 0 amide bonds. The van der Waals surface area contributed by atoms with Gasteiger partial charge in [-0.05, 0) is 26.7 Å². The molecular weight excluding hydrogens is 174 g/mol. The van der Waals surface area contributed by atoms with Crippen molar-refractivity contribution < 1.29 is 8.42 Å². The first-order valence-corrected chi connectivity index (χ1v) is 5.55. The number of primary sulfonamides is 1. The van der Waals surface area contributed by atoms with E-state index in [2.05, 4.69) is 20.8 Å². The number of rotatable bonds is 0.